The van der Waals surface area contributed by atoms with Gasteiger partial charge in [0.25, 0.3) is 0 Å². The predicted octanol–water partition coefficient (Wildman–Crippen LogP) is 2.86. The lowest BCUT2D eigenvalue weighted by Crippen LogP contribution is -2.42. The Bertz CT molecular complexity index is 585. The first-order chi connectivity index (χ1) is 9.83. The predicted molar refractivity (Wildman–Crippen MR) is 85.5 cm³/mol. The first-order valence-corrected chi connectivity index (χ1v) is 9.56. The molecule has 0 amide bonds. The second-order valence-corrected chi connectivity index (χ2v) is 8.41. The summed E-state index contributed by atoms with van der Waals surface area (Å²) in [5.41, 5.74) is 0. The molecule has 7 heteroatoms. The number of sulfonamides is 1. The van der Waals surface area contributed by atoms with Crippen molar-refractivity contribution in [3.63, 3.8) is 0 Å². The summed E-state index contributed by atoms with van der Waals surface area (Å²) in [5, 5.41) is 2.94. The number of nitrogens with one attached hydrogen (secondary N) is 2. The summed E-state index contributed by atoms with van der Waals surface area (Å²) in [7, 11) is -1.77. The Hall–Kier alpha value is -0.370. The zero-order valence-electron chi connectivity index (χ0n) is 12.6. The molecule has 0 spiro atoms. The van der Waals surface area contributed by atoms with Gasteiger partial charge < -0.3 is 9.73 Å². The van der Waals surface area contributed by atoms with E-state index in [0.717, 1.165) is 19.3 Å². The van der Waals surface area contributed by atoms with E-state index in [4.69, 9.17) is 4.42 Å². The lowest BCUT2D eigenvalue weighted by molar-refractivity contribution is 0.249. The monoisotopic (exact) mass is 378 g/mol. The molecule has 0 radical (unpaired) electrons. The molecule has 1 aromatic rings. The highest BCUT2D eigenvalue weighted by Gasteiger charge is 2.31. The Morgan fingerprint density at radius 1 is 1.38 bits per heavy atom. The lowest BCUT2D eigenvalue weighted by Gasteiger charge is -2.32. The molecule has 0 aromatic carbocycles. The van der Waals surface area contributed by atoms with E-state index in [2.05, 4.69) is 39.8 Å². The summed E-state index contributed by atoms with van der Waals surface area (Å²) in [4.78, 5) is 0.179. The van der Waals surface area contributed by atoms with Gasteiger partial charge in [0.05, 0.1) is 6.54 Å². The third-order valence-electron chi connectivity index (χ3n) is 4.09. The van der Waals surface area contributed by atoms with E-state index in [0.29, 0.717) is 24.1 Å². The maximum absolute atomic E-state index is 12.5. The fraction of sp³-hybridized carbons (Fsp3) is 0.714. The molecule has 3 unspecified atom stereocenters. The molecule has 1 fully saturated rings. The molecule has 120 valence electrons. The average molecular weight is 379 g/mol. The summed E-state index contributed by atoms with van der Waals surface area (Å²) < 4.78 is 33.6. The Balaban J connectivity index is 2.15. The second-order valence-electron chi connectivity index (χ2n) is 6.00. The Kier molecular flexibility index (Phi) is 5.51. The van der Waals surface area contributed by atoms with Crippen LogP contribution in [0.1, 0.15) is 38.9 Å². The molecule has 1 saturated carbocycles. The van der Waals surface area contributed by atoms with E-state index in [9.17, 15) is 8.42 Å². The van der Waals surface area contributed by atoms with Crippen LogP contribution in [-0.2, 0) is 16.6 Å². The molecule has 21 heavy (non-hydrogen) atoms. The van der Waals surface area contributed by atoms with Gasteiger partial charge in [-0.1, -0.05) is 13.8 Å². The van der Waals surface area contributed by atoms with Gasteiger partial charge in [0.2, 0.25) is 10.0 Å². The Morgan fingerprint density at radius 2 is 2.10 bits per heavy atom. The summed E-state index contributed by atoms with van der Waals surface area (Å²) in [6.45, 7) is 4.82. The molecule has 0 aliphatic heterocycles. The smallest absolute Gasteiger partial charge is 0.245 e. The summed E-state index contributed by atoms with van der Waals surface area (Å²) >= 11 is 3.20. The number of hydrogen-bond donors (Lipinski definition) is 2. The number of furan rings is 1. The van der Waals surface area contributed by atoms with Gasteiger partial charge in [-0.2, -0.15) is 0 Å². The van der Waals surface area contributed by atoms with Crippen LogP contribution in [0.25, 0.3) is 0 Å². The first-order valence-electron chi connectivity index (χ1n) is 7.28. The molecule has 0 bridgehead atoms. The summed E-state index contributed by atoms with van der Waals surface area (Å²) in [6.07, 6.45) is 3.01. The van der Waals surface area contributed by atoms with Crippen molar-refractivity contribution in [3.05, 3.63) is 16.5 Å². The van der Waals surface area contributed by atoms with Crippen LogP contribution in [0.4, 0.5) is 0 Å². The average Bonchev–Trinajstić information content (AvgIpc) is 2.75. The fourth-order valence-electron chi connectivity index (χ4n) is 2.95. The highest BCUT2D eigenvalue weighted by molar-refractivity contribution is 9.10. The molecule has 2 rings (SSSR count). The third-order valence-corrected chi connectivity index (χ3v) is 6.43. The van der Waals surface area contributed by atoms with Crippen LogP contribution in [0.15, 0.2) is 20.0 Å². The quantitative estimate of drug-likeness (QED) is 0.825. The van der Waals surface area contributed by atoms with Crippen molar-refractivity contribution in [2.75, 3.05) is 7.05 Å². The van der Waals surface area contributed by atoms with Gasteiger partial charge in [0.1, 0.15) is 10.7 Å². The van der Waals surface area contributed by atoms with Crippen molar-refractivity contribution in [2.45, 2.75) is 50.6 Å². The van der Waals surface area contributed by atoms with Gasteiger partial charge in [0.15, 0.2) is 4.67 Å². The molecule has 1 aromatic heterocycles. The minimum absolute atomic E-state index is 0.000695. The number of halogens is 1. The van der Waals surface area contributed by atoms with Crippen LogP contribution < -0.4 is 10.0 Å². The van der Waals surface area contributed by atoms with E-state index in [-0.39, 0.29) is 15.6 Å². The SMILES string of the molecule is CNCc1cc(S(=O)(=O)NC2CCC(C)CC2C)c(Br)o1. The normalized spacial score (nSPS) is 27.0. The maximum atomic E-state index is 12.5. The van der Waals surface area contributed by atoms with Crippen LogP contribution in [-0.4, -0.2) is 21.5 Å². The van der Waals surface area contributed by atoms with Crippen molar-refractivity contribution in [2.24, 2.45) is 11.8 Å². The minimum atomic E-state index is -3.56. The van der Waals surface area contributed by atoms with E-state index >= 15 is 0 Å². The van der Waals surface area contributed by atoms with Crippen LogP contribution >= 0.6 is 15.9 Å². The van der Waals surface area contributed by atoms with Crippen molar-refractivity contribution >= 4 is 26.0 Å². The first kappa shape index (κ1) is 17.0. The molecular weight excluding hydrogens is 356 g/mol. The highest BCUT2D eigenvalue weighted by atomic mass is 79.9. The van der Waals surface area contributed by atoms with Crippen LogP contribution in [0, 0.1) is 11.8 Å². The Morgan fingerprint density at radius 3 is 2.71 bits per heavy atom. The van der Waals surface area contributed by atoms with Crippen LogP contribution in [0.2, 0.25) is 0 Å². The van der Waals surface area contributed by atoms with E-state index in [1.807, 2.05) is 0 Å². The largest absolute Gasteiger partial charge is 0.452 e. The summed E-state index contributed by atoms with van der Waals surface area (Å²) in [6, 6.07) is 1.57. The molecule has 3 atom stereocenters. The van der Waals surface area contributed by atoms with Crippen molar-refractivity contribution in [1.82, 2.24) is 10.0 Å². The Labute approximate surface area is 135 Å². The lowest BCUT2D eigenvalue weighted by atomic mass is 9.80. The molecule has 1 heterocycles. The van der Waals surface area contributed by atoms with Crippen LogP contribution in [0.3, 0.4) is 0 Å². The fourth-order valence-corrected chi connectivity index (χ4v) is 5.32. The molecule has 2 N–H and O–H groups in total. The standard InChI is InChI=1S/C14H23BrN2O3S/c1-9-4-5-12(10(2)6-9)17-21(18,19)13-7-11(8-16-3)20-14(13)15/h7,9-10,12,16-17H,4-6,8H2,1-3H3. The zero-order chi connectivity index (χ0) is 15.6. The van der Waals surface area contributed by atoms with Gasteiger partial charge in [-0.3, -0.25) is 0 Å². The molecule has 1 aliphatic rings. The van der Waals surface area contributed by atoms with Crippen molar-refractivity contribution in [3.8, 4) is 0 Å². The van der Waals surface area contributed by atoms with Crippen molar-refractivity contribution < 1.29 is 12.8 Å². The van der Waals surface area contributed by atoms with E-state index < -0.39 is 10.0 Å². The topological polar surface area (TPSA) is 71.3 Å². The van der Waals surface area contributed by atoms with E-state index in [1.165, 1.54) is 0 Å². The van der Waals surface area contributed by atoms with Gasteiger partial charge in [-0.25, -0.2) is 13.1 Å². The highest BCUT2D eigenvalue weighted by Crippen LogP contribution is 2.31. The van der Waals surface area contributed by atoms with Crippen molar-refractivity contribution in [1.29, 1.82) is 0 Å². The minimum Gasteiger partial charge on any atom is -0.452 e. The van der Waals surface area contributed by atoms with Gasteiger partial charge >= 0.3 is 0 Å². The third kappa shape index (κ3) is 4.09. The molecular formula is C14H23BrN2O3S. The van der Waals surface area contributed by atoms with Gasteiger partial charge in [0, 0.05) is 12.1 Å². The van der Waals surface area contributed by atoms with Gasteiger partial charge in [-0.15, -0.1) is 0 Å². The van der Waals surface area contributed by atoms with E-state index in [1.54, 1.807) is 13.1 Å². The van der Waals surface area contributed by atoms with Crippen LogP contribution in [0.5, 0.6) is 0 Å². The second kappa shape index (κ2) is 6.81. The molecule has 1 aliphatic carbocycles. The maximum Gasteiger partial charge on any atom is 0.245 e. The number of hydrogen-bond acceptors (Lipinski definition) is 4. The van der Waals surface area contributed by atoms with Gasteiger partial charge in [-0.05, 0) is 54.1 Å². The zero-order valence-corrected chi connectivity index (χ0v) is 15.1. The molecule has 5 nitrogen and oxygen atoms in total. The summed E-state index contributed by atoms with van der Waals surface area (Å²) in [5.74, 6) is 1.62. The molecule has 0 saturated heterocycles. The number of rotatable bonds is 5.